The van der Waals surface area contributed by atoms with E-state index in [0.717, 1.165) is 22.3 Å². The van der Waals surface area contributed by atoms with E-state index in [-0.39, 0.29) is 24.1 Å². The highest BCUT2D eigenvalue weighted by Crippen LogP contribution is 2.21. The fourth-order valence-electron chi connectivity index (χ4n) is 3.47. The first-order valence-corrected chi connectivity index (χ1v) is 10.7. The molecule has 0 spiro atoms. The summed E-state index contributed by atoms with van der Waals surface area (Å²) in [5.41, 5.74) is 4.29. The third-order valence-corrected chi connectivity index (χ3v) is 5.37. The lowest BCUT2D eigenvalue weighted by Crippen LogP contribution is -2.30. The van der Waals surface area contributed by atoms with Crippen molar-refractivity contribution in [1.82, 2.24) is 10.2 Å². The SMILES string of the molecule is COC(=O)c1ccc(COc2cccc(C=C3NC(=O)N(Cc4ccc(C)cc4)C3=O)c2)cc1. The van der Waals surface area contributed by atoms with Crippen molar-refractivity contribution in [1.29, 1.82) is 0 Å². The van der Waals surface area contributed by atoms with Crippen molar-refractivity contribution in [3.63, 3.8) is 0 Å². The maximum atomic E-state index is 12.8. The van der Waals surface area contributed by atoms with Gasteiger partial charge in [0.25, 0.3) is 5.91 Å². The number of rotatable bonds is 7. The highest BCUT2D eigenvalue weighted by atomic mass is 16.5. The zero-order valence-corrected chi connectivity index (χ0v) is 18.9. The van der Waals surface area contributed by atoms with Gasteiger partial charge in [-0.3, -0.25) is 9.69 Å². The molecule has 1 N–H and O–H groups in total. The number of esters is 1. The van der Waals surface area contributed by atoms with E-state index >= 15 is 0 Å². The Bertz CT molecular complexity index is 1250. The van der Waals surface area contributed by atoms with Gasteiger partial charge < -0.3 is 14.8 Å². The van der Waals surface area contributed by atoms with Gasteiger partial charge in [-0.15, -0.1) is 0 Å². The lowest BCUT2D eigenvalue weighted by molar-refractivity contribution is -0.123. The molecule has 4 rings (SSSR count). The van der Waals surface area contributed by atoms with Gasteiger partial charge in [0.05, 0.1) is 19.2 Å². The van der Waals surface area contributed by atoms with Crippen LogP contribution in [0, 0.1) is 6.92 Å². The molecule has 3 amide bonds. The van der Waals surface area contributed by atoms with Crippen molar-refractivity contribution in [2.75, 3.05) is 7.11 Å². The van der Waals surface area contributed by atoms with E-state index in [0.29, 0.717) is 17.9 Å². The monoisotopic (exact) mass is 456 g/mol. The number of ether oxygens (including phenoxy) is 2. The summed E-state index contributed by atoms with van der Waals surface area (Å²) in [5.74, 6) is -0.151. The number of hydrogen-bond donors (Lipinski definition) is 1. The Morgan fingerprint density at radius 2 is 1.68 bits per heavy atom. The molecule has 7 heteroatoms. The number of nitrogens with one attached hydrogen (secondary N) is 1. The molecule has 0 bridgehead atoms. The molecule has 34 heavy (non-hydrogen) atoms. The third-order valence-electron chi connectivity index (χ3n) is 5.37. The molecule has 3 aromatic carbocycles. The van der Waals surface area contributed by atoms with E-state index in [2.05, 4.69) is 5.32 Å². The molecule has 0 saturated carbocycles. The van der Waals surface area contributed by atoms with Crippen molar-refractivity contribution in [2.45, 2.75) is 20.1 Å². The van der Waals surface area contributed by atoms with Crippen molar-refractivity contribution < 1.29 is 23.9 Å². The third kappa shape index (κ3) is 5.32. The topological polar surface area (TPSA) is 84.9 Å². The fraction of sp³-hybridized carbons (Fsp3) is 0.148. The molecule has 0 unspecified atom stereocenters. The quantitative estimate of drug-likeness (QED) is 0.323. The van der Waals surface area contributed by atoms with Gasteiger partial charge >= 0.3 is 12.0 Å². The number of nitrogens with zero attached hydrogens (tertiary/aromatic N) is 1. The average molecular weight is 456 g/mol. The molecule has 1 aliphatic heterocycles. The van der Waals surface area contributed by atoms with Crippen LogP contribution in [0.4, 0.5) is 4.79 Å². The van der Waals surface area contributed by atoms with E-state index in [1.807, 2.05) is 49.4 Å². The predicted octanol–water partition coefficient (Wildman–Crippen LogP) is 4.45. The van der Waals surface area contributed by atoms with Crippen molar-refractivity contribution in [3.8, 4) is 5.75 Å². The summed E-state index contributed by atoms with van der Waals surface area (Å²) in [7, 11) is 1.34. The Balaban J connectivity index is 1.41. The molecule has 1 aliphatic rings. The molecule has 0 radical (unpaired) electrons. The van der Waals surface area contributed by atoms with Gasteiger partial charge in [0.15, 0.2) is 0 Å². The normalized spacial score (nSPS) is 14.3. The number of carbonyl (C=O) groups is 3. The first kappa shape index (κ1) is 22.8. The minimum absolute atomic E-state index is 0.209. The van der Waals surface area contributed by atoms with Gasteiger partial charge in [-0.2, -0.15) is 0 Å². The van der Waals surface area contributed by atoms with Crippen LogP contribution in [0.3, 0.4) is 0 Å². The Hall–Kier alpha value is -4.39. The Labute approximate surface area is 197 Å². The van der Waals surface area contributed by atoms with Crippen molar-refractivity contribution in [3.05, 3.63) is 106 Å². The summed E-state index contributed by atoms with van der Waals surface area (Å²) >= 11 is 0. The Morgan fingerprint density at radius 1 is 0.971 bits per heavy atom. The van der Waals surface area contributed by atoms with E-state index in [4.69, 9.17) is 9.47 Å². The van der Waals surface area contributed by atoms with Crippen LogP contribution in [0.25, 0.3) is 6.08 Å². The van der Waals surface area contributed by atoms with Gasteiger partial charge in [-0.25, -0.2) is 9.59 Å². The van der Waals surface area contributed by atoms with Crippen LogP contribution in [-0.4, -0.2) is 29.9 Å². The number of methoxy groups -OCH3 is 1. The maximum Gasteiger partial charge on any atom is 0.337 e. The number of urea groups is 1. The minimum atomic E-state index is -0.445. The highest BCUT2D eigenvalue weighted by molar-refractivity contribution is 6.13. The van der Waals surface area contributed by atoms with E-state index in [9.17, 15) is 14.4 Å². The zero-order chi connectivity index (χ0) is 24.1. The average Bonchev–Trinajstić information content (AvgIpc) is 3.11. The molecule has 0 aromatic heterocycles. The second-order valence-electron chi connectivity index (χ2n) is 7.91. The van der Waals surface area contributed by atoms with Crippen molar-refractivity contribution >= 4 is 24.0 Å². The number of amides is 3. The standard InChI is InChI=1S/C27H24N2O5/c1-18-6-8-19(9-7-18)16-29-25(30)24(28-27(29)32)15-21-4-3-5-23(14-21)34-17-20-10-12-22(13-11-20)26(31)33-2/h3-15H,16-17H2,1-2H3,(H,28,32). The van der Waals surface area contributed by atoms with Crippen LogP contribution in [-0.2, 0) is 22.7 Å². The van der Waals surface area contributed by atoms with Gasteiger partial charge in [0.2, 0.25) is 0 Å². The van der Waals surface area contributed by atoms with Crippen LogP contribution in [0.2, 0.25) is 0 Å². The largest absolute Gasteiger partial charge is 0.489 e. The van der Waals surface area contributed by atoms with Crippen LogP contribution >= 0.6 is 0 Å². The first-order valence-electron chi connectivity index (χ1n) is 10.7. The summed E-state index contributed by atoms with van der Waals surface area (Å²) in [6, 6.07) is 21.5. The molecule has 1 heterocycles. The summed E-state index contributed by atoms with van der Waals surface area (Å²) < 4.78 is 10.6. The Kier molecular flexibility index (Phi) is 6.73. The molecule has 0 atom stereocenters. The minimum Gasteiger partial charge on any atom is -0.489 e. The molecule has 3 aromatic rings. The summed E-state index contributed by atoms with van der Waals surface area (Å²) in [6.45, 7) is 2.50. The number of aryl methyl sites for hydroxylation is 1. The summed E-state index contributed by atoms with van der Waals surface area (Å²) in [6.07, 6.45) is 1.63. The number of imide groups is 1. The van der Waals surface area contributed by atoms with Gasteiger partial charge in [-0.05, 0) is 54.0 Å². The zero-order valence-electron chi connectivity index (χ0n) is 18.9. The number of benzene rings is 3. The van der Waals surface area contributed by atoms with E-state index in [1.165, 1.54) is 12.0 Å². The highest BCUT2D eigenvalue weighted by Gasteiger charge is 2.33. The van der Waals surface area contributed by atoms with Gasteiger partial charge in [-0.1, -0.05) is 54.1 Å². The van der Waals surface area contributed by atoms with Crippen LogP contribution < -0.4 is 10.1 Å². The van der Waals surface area contributed by atoms with E-state index in [1.54, 1.807) is 36.4 Å². The lowest BCUT2D eigenvalue weighted by atomic mass is 10.1. The van der Waals surface area contributed by atoms with Crippen LogP contribution in [0.1, 0.15) is 32.6 Å². The van der Waals surface area contributed by atoms with Crippen LogP contribution in [0.15, 0.2) is 78.5 Å². The fourth-order valence-corrected chi connectivity index (χ4v) is 3.47. The molecule has 0 aliphatic carbocycles. The molecule has 7 nitrogen and oxygen atoms in total. The number of hydrogen-bond acceptors (Lipinski definition) is 5. The smallest absolute Gasteiger partial charge is 0.337 e. The Morgan fingerprint density at radius 3 is 2.38 bits per heavy atom. The molecule has 1 fully saturated rings. The number of carbonyl (C=O) groups excluding carboxylic acids is 3. The maximum absolute atomic E-state index is 12.8. The van der Waals surface area contributed by atoms with E-state index < -0.39 is 6.03 Å². The molecular weight excluding hydrogens is 432 g/mol. The van der Waals surface area contributed by atoms with Crippen LogP contribution in [0.5, 0.6) is 5.75 Å². The van der Waals surface area contributed by atoms with Gasteiger partial charge in [0.1, 0.15) is 18.1 Å². The molecular formula is C27H24N2O5. The molecule has 172 valence electrons. The lowest BCUT2D eigenvalue weighted by Gasteiger charge is -2.11. The predicted molar refractivity (Wildman–Crippen MR) is 127 cm³/mol. The summed E-state index contributed by atoms with van der Waals surface area (Å²) in [4.78, 5) is 37.9. The first-order chi connectivity index (χ1) is 16.4. The second kappa shape index (κ2) is 10.0. The van der Waals surface area contributed by atoms with Crippen molar-refractivity contribution in [2.24, 2.45) is 0 Å². The van der Waals surface area contributed by atoms with Gasteiger partial charge in [0, 0.05) is 0 Å². The molecule has 1 saturated heterocycles. The second-order valence-corrected chi connectivity index (χ2v) is 7.91. The summed E-state index contributed by atoms with van der Waals surface area (Å²) in [5, 5.41) is 2.65.